The van der Waals surface area contributed by atoms with E-state index in [9.17, 15) is 0 Å². The Balaban J connectivity index is 0.000000178. The topological polar surface area (TPSA) is 0 Å². The minimum Gasteiger partial charge on any atom is -0.104 e. The second-order valence-corrected chi connectivity index (χ2v) is 20.0. The Bertz CT molecular complexity index is 3070. The molecule has 2 atom stereocenters. The first-order valence-electron chi connectivity index (χ1n) is 24.4. The SMILES string of the molecule is C/C=C\C1=C(C2C#CC(C)c3cccc(-c4ccc(C)cc4)c3S2)c2ccccc2C1(C)C.C=C/C=C(C)\C=C/C.Cc1ccccc1-c1ccc(-c2ccc(-c3ccccc3C)c(C)c2)cc1C. The Morgan fingerprint density at radius 2 is 1.09 bits per heavy atom. The highest BCUT2D eigenvalue weighted by molar-refractivity contribution is 8.00. The van der Waals surface area contributed by atoms with E-state index >= 15 is 0 Å². The van der Waals surface area contributed by atoms with Gasteiger partial charge in [-0.15, -0.1) is 11.8 Å². The first kappa shape index (κ1) is 50.0. The molecule has 1 aliphatic heterocycles. The van der Waals surface area contributed by atoms with Gasteiger partial charge < -0.3 is 0 Å². The number of hydrogen-bond donors (Lipinski definition) is 0. The van der Waals surface area contributed by atoms with Gasteiger partial charge in [0.2, 0.25) is 0 Å². The van der Waals surface area contributed by atoms with Crippen LogP contribution in [0, 0.1) is 46.5 Å². The van der Waals surface area contributed by atoms with Crippen molar-refractivity contribution in [1.29, 1.82) is 0 Å². The van der Waals surface area contributed by atoms with E-state index in [1.807, 2.05) is 43.8 Å². The number of thioether (sulfide) groups is 1. The fraction of sp³-hybridized carbons (Fsp3) is 0.206. The summed E-state index contributed by atoms with van der Waals surface area (Å²) in [5.74, 6) is 7.51. The summed E-state index contributed by atoms with van der Waals surface area (Å²) in [6, 6.07) is 55.3. The Kier molecular flexibility index (Phi) is 16.3. The molecule has 0 saturated heterocycles. The van der Waals surface area contributed by atoms with Crippen LogP contribution in [0.25, 0.3) is 50.1 Å². The standard InChI is InChI=1S/C32H30S.C28H26.C8H12/c1-6-10-28-30(26-11-7-8-14-27(26)32(28,4)5)29-20-17-22(3)24-12-9-13-25(31(24)33-29)23-18-15-21(2)16-19-23;1-19-9-5-7-11-25(19)27-15-13-23(17-21(27)3)24-14-16-28(22(4)18-24)26-12-8-6-10-20(26)2;1-4-6-8(3)7-5-2/h6-16,18-19,22,29H,1-5H3;5-18H,1-4H3;4-7H,1H2,2-3H3/b10-6-;;7-5-,8-6-. The lowest BCUT2D eigenvalue weighted by atomic mass is 9.81. The number of allylic oxidation sites excluding steroid dienone is 8. The number of rotatable bonds is 8. The molecule has 0 fully saturated rings. The van der Waals surface area contributed by atoms with Crippen molar-refractivity contribution < 1.29 is 0 Å². The molecule has 9 rings (SSSR count). The highest BCUT2D eigenvalue weighted by Gasteiger charge is 2.39. The van der Waals surface area contributed by atoms with Gasteiger partial charge in [-0.3, -0.25) is 0 Å². The lowest BCUT2D eigenvalue weighted by Gasteiger charge is -2.23. The number of hydrogen-bond acceptors (Lipinski definition) is 1. The van der Waals surface area contributed by atoms with Gasteiger partial charge in [-0.1, -0.05) is 232 Å². The molecule has 1 heterocycles. The van der Waals surface area contributed by atoms with E-state index in [2.05, 4.69) is 245 Å². The van der Waals surface area contributed by atoms with Crippen LogP contribution >= 0.6 is 11.8 Å². The lowest BCUT2D eigenvalue weighted by Crippen LogP contribution is -2.16. The zero-order chi connectivity index (χ0) is 49.2. The molecule has 7 aromatic rings. The second kappa shape index (κ2) is 22.5. The van der Waals surface area contributed by atoms with Crippen molar-refractivity contribution in [2.24, 2.45) is 0 Å². The maximum absolute atomic E-state index is 3.70. The molecule has 0 amide bonds. The Morgan fingerprint density at radius 1 is 0.565 bits per heavy atom. The third kappa shape index (κ3) is 11.2. The van der Waals surface area contributed by atoms with E-state index in [1.165, 1.54) is 111 Å². The maximum atomic E-state index is 3.70. The van der Waals surface area contributed by atoms with Crippen LogP contribution < -0.4 is 0 Å². The summed E-state index contributed by atoms with van der Waals surface area (Å²) >= 11 is 1.93. The molecular weight excluding hydrogens is 849 g/mol. The van der Waals surface area contributed by atoms with Crippen LogP contribution in [0.4, 0.5) is 0 Å². The van der Waals surface area contributed by atoms with E-state index in [-0.39, 0.29) is 16.6 Å². The van der Waals surface area contributed by atoms with E-state index in [0.29, 0.717) is 0 Å². The van der Waals surface area contributed by atoms with Gasteiger partial charge in [-0.25, -0.2) is 0 Å². The fourth-order valence-electron chi connectivity index (χ4n) is 9.73. The molecule has 7 aromatic carbocycles. The van der Waals surface area contributed by atoms with Gasteiger partial charge >= 0.3 is 0 Å². The molecule has 0 aromatic heterocycles. The molecule has 69 heavy (non-hydrogen) atoms. The summed E-state index contributed by atoms with van der Waals surface area (Å²) in [7, 11) is 0. The molecule has 0 nitrogen and oxygen atoms in total. The van der Waals surface area contributed by atoms with Crippen LogP contribution in [0.15, 0.2) is 211 Å². The van der Waals surface area contributed by atoms with E-state index in [1.54, 1.807) is 6.08 Å². The monoisotopic (exact) mass is 917 g/mol. The summed E-state index contributed by atoms with van der Waals surface area (Å²) in [6.07, 6.45) is 12.3. The van der Waals surface area contributed by atoms with Gasteiger partial charge in [-0.05, 0) is 157 Å². The van der Waals surface area contributed by atoms with Gasteiger partial charge in [0.25, 0.3) is 0 Å². The third-order valence-electron chi connectivity index (χ3n) is 13.5. The Morgan fingerprint density at radius 3 is 1.62 bits per heavy atom. The second-order valence-electron chi connectivity index (χ2n) is 18.9. The first-order chi connectivity index (χ1) is 33.3. The average Bonchev–Trinajstić information content (AvgIpc) is 3.43. The van der Waals surface area contributed by atoms with Gasteiger partial charge in [0, 0.05) is 16.2 Å². The molecule has 1 aliphatic carbocycles. The fourth-order valence-corrected chi connectivity index (χ4v) is 11.2. The Labute approximate surface area is 419 Å². The van der Waals surface area contributed by atoms with Gasteiger partial charge in [0.15, 0.2) is 0 Å². The van der Waals surface area contributed by atoms with Crippen molar-refractivity contribution in [3.05, 3.63) is 250 Å². The van der Waals surface area contributed by atoms with Crippen molar-refractivity contribution >= 4 is 17.3 Å². The van der Waals surface area contributed by atoms with Crippen molar-refractivity contribution in [3.63, 3.8) is 0 Å². The molecule has 0 bridgehead atoms. The summed E-state index contributed by atoms with van der Waals surface area (Å²) < 4.78 is 0. The highest BCUT2D eigenvalue weighted by atomic mass is 32.2. The minimum absolute atomic E-state index is 0.0299. The molecule has 0 spiro atoms. The number of fused-ring (bicyclic) bond motifs is 2. The van der Waals surface area contributed by atoms with E-state index < -0.39 is 0 Å². The maximum Gasteiger partial charge on any atom is 0.0962 e. The molecule has 0 N–H and O–H groups in total. The highest BCUT2D eigenvalue weighted by Crippen LogP contribution is 2.53. The number of aryl methyl sites for hydroxylation is 5. The molecule has 2 unspecified atom stereocenters. The van der Waals surface area contributed by atoms with Crippen molar-refractivity contribution in [1.82, 2.24) is 0 Å². The Hall–Kier alpha value is -6.85. The summed E-state index contributed by atoms with van der Waals surface area (Å²) in [5, 5.41) is 0.0921. The van der Waals surface area contributed by atoms with Crippen LogP contribution in [-0.4, -0.2) is 5.25 Å². The quantitative estimate of drug-likeness (QED) is 0.108. The predicted octanol–water partition coefficient (Wildman–Crippen LogP) is 19.2. The van der Waals surface area contributed by atoms with E-state index in [4.69, 9.17) is 0 Å². The van der Waals surface area contributed by atoms with Crippen LogP contribution in [0.5, 0.6) is 0 Å². The largest absolute Gasteiger partial charge is 0.104 e. The van der Waals surface area contributed by atoms with Gasteiger partial charge in [0.1, 0.15) is 0 Å². The zero-order valence-electron chi connectivity index (χ0n) is 42.7. The van der Waals surface area contributed by atoms with Crippen LogP contribution in [0.3, 0.4) is 0 Å². The smallest absolute Gasteiger partial charge is 0.0962 e. The zero-order valence-corrected chi connectivity index (χ0v) is 43.5. The summed E-state index contributed by atoms with van der Waals surface area (Å²) in [4.78, 5) is 1.35. The first-order valence-corrected chi connectivity index (χ1v) is 25.3. The molecular formula is C68H68S. The van der Waals surface area contributed by atoms with Crippen molar-refractivity contribution in [2.75, 3.05) is 0 Å². The predicted molar refractivity (Wildman–Crippen MR) is 304 cm³/mol. The lowest BCUT2D eigenvalue weighted by molar-refractivity contribution is 0.653. The molecule has 2 aliphatic rings. The van der Waals surface area contributed by atoms with Crippen LogP contribution in [0.1, 0.15) is 92.0 Å². The summed E-state index contributed by atoms with van der Waals surface area (Å²) in [6.45, 7) is 27.6. The van der Waals surface area contributed by atoms with Crippen molar-refractivity contribution in [2.45, 2.75) is 97.6 Å². The molecule has 1 heteroatoms. The van der Waals surface area contributed by atoms with Crippen molar-refractivity contribution in [3.8, 4) is 56.3 Å². The van der Waals surface area contributed by atoms with Gasteiger partial charge in [-0.2, -0.15) is 0 Å². The summed E-state index contributed by atoms with van der Waals surface area (Å²) in [5.41, 5.74) is 25.0. The third-order valence-corrected chi connectivity index (χ3v) is 14.7. The van der Waals surface area contributed by atoms with Gasteiger partial charge in [0.05, 0.1) is 5.25 Å². The molecule has 0 radical (unpaired) electrons. The number of benzene rings is 7. The van der Waals surface area contributed by atoms with E-state index in [0.717, 1.165) is 0 Å². The molecule has 346 valence electrons. The van der Waals surface area contributed by atoms with Crippen LogP contribution in [0.2, 0.25) is 0 Å². The van der Waals surface area contributed by atoms with Crippen LogP contribution in [-0.2, 0) is 5.41 Å². The molecule has 0 saturated carbocycles. The minimum atomic E-state index is -0.0299. The average molecular weight is 917 g/mol. The normalized spacial score (nSPS) is 15.8.